The van der Waals surface area contributed by atoms with Crippen LogP contribution in [0.3, 0.4) is 0 Å². The number of ether oxygens (including phenoxy) is 1. The summed E-state index contributed by atoms with van der Waals surface area (Å²) in [5, 5.41) is 4.49. The van der Waals surface area contributed by atoms with Crippen molar-refractivity contribution >= 4 is 11.8 Å². The summed E-state index contributed by atoms with van der Waals surface area (Å²) >= 11 is 2.02. The normalized spacial score (nSPS) is 28.2. The first kappa shape index (κ1) is 11.3. The van der Waals surface area contributed by atoms with Crippen molar-refractivity contribution in [1.82, 2.24) is 5.32 Å². The lowest BCUT2D eigenvalue weighted by Gasteiger charge is -2.11. The van der Waals surface area contributed by atoms with Crippen molar-refractivity contribution in [2.75, 3.05) is 26.5 Å². The third-order valence-electron chi connectivity index (χ3n) is 2.68. The molecule has 0 aromatic heterocycles. The van der Waals surface area contributed by atoms with Gasteiger partial charge in [-0.3, -0.25) is 0 Å². The van der Waals surface area contributed by atoms with Crippen molar-refractivity contribution < 1.29 is 4.74 Å². The molecule has 0 bridgehead atoms. The molecule has 0 aliphatic heterocycles. The molecule has 0 heterocycles. The molecule has 0 radical (unpaired) electrons. The van der Waals surface area contributed by atoms with Gasteiger partial charge in [-0.15, -0.1) is 0 Å². The monoisotopic (exact) mass is 203 g/mol. The Balaban J connectivity index is 1.97. The second-order valence-electron chi connectivity index (χ2n) is 3.67. The molecule has 2 unspecified atom stereocenters. The van der Waals surface area contributed by atoms with Crippen LogP contribution in [0, 0.1) is 0 Å². The van der Waals surface area contributed by atoms with Crippen LogP contribution < -0.4 is 5.32 Å². The van der Waals surface area contributed by atoms with Gasteiger partial charge in [-0.1, -0.05) is 0 Å². The summed E-state index contributed by atoms with van der Waals surface area (Å²) < 4.78 is 5.00. The van der Waals surface area contributed by atoms with Crippen molar-refractivity contribution in [3.63, 3.8) is 0 Å². The summed E-state index contributed by atoms with van der Waals surface area (Å²) in [5.41, 5.74) is 0. The highest BCUT2D eigenvalue weighted by Gasteiger charge is 2.22. The number of thioether (sulfide) groups is 1. The summed E-state index contributed by atoms with van der Waals surface area (Å²) in [6.45, 7) is 1.99. The summed E-state index contributed by atoms with van der Waals surface area (Å²) in [6.07, 6.45) is 7.46. The highest BCUT2D eigenvalue weighted by atomic mass is 32.2. The van der Waals surface area contributed by atoms with Crippen LogP contribution >= 0.6 is 11.8 Å². The van der Waals surface area contributed by atoms with Gasteiger partial charge in [-0.25, -0.2) is 0 Å². The maximum absolute atomic E-state index is 5.00. The lowest BCUT2D eigenvalue weighted by Crippen LogP contribution is -2.28. The lowest BCUT2D eigenvalue weighted by atomic mass is 10.2. The molecule has 1 aliphatic rings. The van der Waals surface area contributed by atoms with E-state index < -0.39 is 0 Å². The first-order chi connectivity index (χ1) is 6.36. The van der Waals surface area contributed by atoms with Crippen molar-refractivity contribution in [3.05, 3.63) is 0 Å². The Kier molecular flexibility index (Phi) is 5.83. The van der Waals surface area contributed by atoms with Crippen molar-refractivity contribution in [2.24, 2.45) is 0 Å². The molecular weight excluding hydrogens is 182 g/mol. The van der Waals surface area contributed by atoms with Crippen LogP contribution in [-0.4, -0.2) is 37.8 Å². The van der Waals surface area contributed by atoms with Crippen LogP contribution in [0.4, 0.5) is 0 Å². The number of hydrogen-bond donors (Lipinski definition) is 1. The molecule has 2 atom stereocenters. The molecule has 0 saturated heterocycles. The molecule has 3 heteroatoms. The van der Waals surface area contributed by atoms with Gasteiger partial charge in [-0.2, -0.15) is 11.8 Å². The number of hydrogen-bond acceptors (Lipinski definition) is 3. The van der Waals surface area contributed by atoms with Gasteiger partial charge in [0.25, 0.3) is 0 Å². The van der Waals surface area contributed by atoms with E-state index in [1.807, 2.05) is 11.8 Å². The van der Waals surface area contributed by atoms with E-state index in [1.165, 1.54) is 19.3 Å². The van der Waals surface area contributed by atoms with Gasteiger partial charge in [0.15, 0.2) is 0 Å². The molecule has 13 heavy (non-hydrogen) atoms. The second kappa shape index (κ2) is 6.68. The minimum Gasteiger partial charge on any atom is -0.385 e. The maximum atomic E-state index is 5.00. The van der Waals surface area contributed by atoms with E-state index in [1.54, 1.807) is 7.11 Å². The number of methoxy groups -OCH3 is 1. The van der Waals surface area contributed by atoms with Gasteiger partial charge in [0.2, 0.25) is 0 Å². The van der Waals surface area contributed by atoms with E-state index in [9.17, 15) is 0 Å². The lowest BCUT2D eigenvalue weighted by molar-refractivity contribution is 0.193. The average molecular weight is 203 g/mol. The first-order valence-corrected chi connectivity index (χ1v) is 6.40. The maximum Gasteiger partial charge on any atom is 0.0474 e. The Morgan fingerprint density at radius 3 is 2.92 bits per heavy atom. The fraction of sp³-hybridized carbons (Fsp3) is 1.00. The van der Waals surface area contributed by atoms with Crippen LogP contribution in [-0.2, 0) is 4.74 Å². The quantitative estimate of drug-likeness (QED) is 0.666. The first-order valence-electron chi connectivity index (χ1n) is 5.12. The van der Waals surface area contributed by atoms with Crippen LogP contribution in [0.5, 0.6) is 0 Å². The van der Waals surface area contributed by atoms with Crippen LogP contribution in [0.1, 0.15) is 25.7 Å². The zero-order valence-corrected chi connectivity index (χ0v) is 9.53. The van der Waals surface area contributed by atoms with Crippen LogP contribution in [0.2, 0.25) is 0 Å². The molecule has 0 aromatic rings. The third kappa shape index (κ3) is 4.34. The molecule has 1 N–H and O–H groups in total. The summed E-state index contributed by atoms with van der Waals surface area (Å²) in [5.74, 6) is 0. The van der Waals surface area contributed by atoms with Gasteiger partial charge in [-0.05, 0) is 38.5 Å². The average Bonchev–Trinajstić information content (AvgIpc) is 2.60. The predicted octanol–water partition coefficient (Wildman–Crippen LogP) is 1.90. The van der Waals surface area contributed by atoms with Crippen molar-refractivity contribution in [1.29, 1.82) is 0 Å². The minimum atomic E-state index is 0.773. The van der Waals surface area contributed by atoms with Gasteiger partial charge in [0.1, 0.15) is 0 Å². The molecule has 78 valence electrons. The number of nitrogens with one attached hydrogen (secondary N) is 1. The van der Waals surface area contributed by atoms with Crippen molar-refractivity contribution in [3.8, 4) is 0 Å². The fourth-order valence-electron chi connectivity index (χ4n) is 1.86. The van der Waals surface area contributed by atoms with Crippen molar-refractivity contribution in [2.45, 2.75) is 37.0 Å². The van der Waals surface area contributed by atoms with E-state index in [0.717, 1.165) is 30.9 Å². The summed E-state index contributed by atoms with van der Waals surface area (Å²) in [7, 11) is 1.76. The molecule has 1 rings (SSSR count). The fourth-order valence-corrected chi connectivity index (χ4v) is 2.66. The molecule has 1 saturated carbocycles. The van der Waals surface area contributed by atoms with Gasteiger partial charge in [0.05, 0.1) is 0 Å². The smallest absolute Gasteiger partial charge is 0.0474 e. The highest BCUT2D eigenvalue weighted by Crippen LogP contribution is 2.27. The highest BCUT2D eigenvalue weighted by molar-refractivity contribution is 7.99. The topological polar surface area (TPSA) is 21.3 Å². The zero-order chi connectivity index (χ0) is 9.52. The Bertz CT molecular complexity index is 132. The molecule has 2 nitrogen and oxygen atoms in total. The SMILES string of the molecule is COCCCNC1CCC(SC)C1. The Hall–Kier alpha value is 0.270. The Morgan fingerprint density at radius 2 is 2.31 bits per heavy atom. The van der Waals surface area contributed by atoms with Gasteiger partial charge < -0.3 is 10.1 Å². The van der Waals surface area contributed by atoms with E-state index >= 15 is 0 Å². The van der Waals surface area contributed by atoms with Gasteiger partial charge >= 0.3 is 0 Å². The minimum absolute atomic E-state index is 0.773. The molecule has 0 amide bonds. The van der Waals surface area contributed by atoms with E-state index in [0.29, 0.717) is 0 Å². The predicted molar refractivity (Wildman–Crippen MR) is 59.4 cm³/mol. The standard InChI is InChI=1S/C10H21NOS/c1-12-7-3-6-11-9-4-5-10(8-9)13-2/h9-11H,3-8H2,1-2H3. The Morgan fingerprint density at radius 1 is 1.46 bits per heavy atom. The van der Waals surface area contributed by atoms with E-state index in [-0.39, 0.29) is 0 Å². The number of rotatable bonds is 6. The molecular formula is C10H21NOS. The molecule has 0 spiro atoms. The van der Waals surface area contributed by atoms with Crippen LogP contribution in [0.15, 0.2) is 0 Å². The van der Waals surface area contributed by atoms with E-state index in [4.69, 9.17) is 4.74 Å². The van der Waals surface area contributed by atoms with Crippen LogP contribution in [0.25, 0.3) is 0 Å². The van der Waals surface area contributed by atoms with Gasteiger partial charge in [0, 0.05) is 25.0 Å². The molecule has 1 aliphatic carbocycles. The third-order valence-corrected chi connectivity index (χ3v) is 3.77. The summed E-state index contributed by atoms with van der Waals surface area (Å²) in [6, 6.07) is 0.773. The largest absolute Gasteiger partial charge is 0.385 e. The second-order valence-corrected chi connectivity index (χ2v) is 4.81. The van der Waals surface area contributed by atoms with E-state index in [2.05, 4.69) is 11.6 Å². The Labute approximate surface area is 85.8 Å². The summed E-state index contributed by atoms with van der Waals surface area (Å²) in [4.78, 5) is 0. The molecule has 0 aromatic carbocycles. The zero-order valence-electron chi connectivity index (χ0n) is 8.71. The molecule has 1 fully saturated rings.